The van der Waals surface area contributed by atoms with Crippen molar-refractivity contribution in [1.29, 1.82) is 0 Å². The van der Waals surface area contributed by atoms with Crippen molar-refractivity contribution in [3.05, 3.63) is 23.0 Å². The van der Waals surface area contributed by atoms with Crippen molar-refractivity contribution in [2.45, 2.75) is 6.36 Å². The quantitative estimate of drug-likeness (QED) is 0.803. The molecule has 15 heavy (non-hydrogen) atoms. The highest BCUT2D eigenvalue weighted by molar-refractivity contribution is 9.10. The summed E-state index contributed by atoms with van der Waals surface area (Å²) in [6.45, 7) is 0. The van der Waals surface area contributed by atoms with Gasteiger partial charge in [0.2, 0.25) is 0 Å². The van der Waals surface area contributed by atoms with Gasteiger partial charge >= 0.3 is 6.36 Å². The average Bonchev–Trinajstić information content (AvgIpc) is 2.57. The largest absolute Gasteiger partial charge is 0.573 e. The monoisotopic (exact) mass is 281 g/mol. The topological polar surface area (TPSA) is 35.3 Å². The van der Waals surface area contributed by atoms with Crippen LogP contribution in [0, 0.1) is 0 Å². The molecule has 3 nitrogen and oxygen atoms in total. The molecule has 0 spiro atoms. The molecule has 0 atom stereocenters. The Morgan fingerprint density at radius 3 is 2.73 bits per heavy atom. The van der Waals surface area contributed by atoms with Crippen LogP contribution in [0.25, 0.3) is 11.1 Å². The summed E-state index contributed by atoms with van der Waals surface area (Å²) in [7, 11) is 0. The highest BCUT2D eigenvalue weighted by Crippen LogP contribution is 2.33. The second kappa shape index (κ2) is 3.41. The maximum Gasteiger partial charge on any atom is 0.573 e. The van der Waals surface area contributed by atoms with E-state index in [0.717, 1.165) is 6.39 Å². The molecular formula is C8H3BrF3NO2. The zero-order valence-corrected chi connectivity index (χ0v) is 8.59. The van der Waals surface area contributed by atoms with Crippen LogP contribution in [0.3, 0.4) is 0 Å². The number of alkyl halides is 3. The molecule has 1 aromatic carbocycles. The SMILES string of the molecule is FC(F)(F)Oc1ccc(Br)c2ocnc12. The highest BCUT2D eigenvalue weighted by atomic mass is 79.9. The second-order valence-corrected chi connectivity index (χ2v) is 3.48. The molecule has 1 aromatic heterocycles. The molecule has 2 aromatic rings. The fraction of sp³-hybridized carbons (Fsp3) is 0.125. The van der Waals surface area contributed by atoms with Gasteiger partial charge in [-0.25, -0.2) is 4.98 Å². The molecule has 0 N–H and O–H groups in total. The first-order valence-corrected chi connectivity index (χ1v) is 4.54. The maximum atomic E-state index is 12.0. The van der Waals surface area contributed by atoms with Crippen LogP contribution in [0.15, 0.2) is 27.4 Å². The lowest BCUT2D eigenvalue weighted by atomic mass is 10.3. The van der Waals surface area contributed by atoms with Gasteiger partial charge in [-0.05, 0) is 28.1 Å². The minimum atomic E-state index is -4.74. The van der Waals surface area contributed by atoms with Gasteiger partial charge in [0, 0.05) is 0 Å². The summed E-state index contributed by atoms with van der Waals surface area (Å²) in [5.41, 5.74) is 0.249. The molecular weight excluding hydrogens is 279 g/mol. The molecule has 0 aliphatic heterocycles. The van der Waals surface area contributed by atoms with E-state index in [9.17, 15) is 13.2 Å². The van der Waals surface area contributed by atoms with E-state index in [1.165, 1.54) is 12.1 Å². The molecule has 80 valence electrons. The number of aromatic nitrogens is 1. The van der Waals surface area contributed by atoms with Crippen LogP contribution in [0.5, 0.6) is 5.75 Å². The zero-order chi connectivity index (χ0) is 11.1. The fourth-order valence-corrected chi connectivity index (χ4v) is 1.52. The molecule has 0 bridgehead atoms. The predicted octanol–water partition coefficient (Wildman–Crippen LogP) is 3.49. The van der Waals surface area contributed by atoms with Gasteiger partial charge in [0.05, 0.1) is 4.47 Å². The normalized spacial score (nSPS) is 12.0. The van der Waals surface area contributed by atoms with Gasteiger partial charge in [-0.15, -0.1) is 13.2 Å². The standard InChI is InChI=1S/C8H3BrF3NO2/c9-4-1-2-5(15-8(10,11)12)6-7(4)14-3-13-6/h1-3H. The molecule has 1 heterocycles. The van der Waals surface area contributed by atoms with E-state index >= 15 is 0 Å². The number of rotatable bonds is 1. The van der Waals surface area contributed by atoms with E-state index in [1.54, 1.807) is 0 Å². The molecule has 0 aliphatic carbocycles. The van der Waals surface area contributed by atoms with Gasteiger partial charge in [0.25, 0.3) is 0 Å². The van der Waals surface area contributed by atoms with Crippen LogP contribution in [0.4, 0.5) is 13.2 Å². The summed E-state index contributed by atoms with van der Waals surface area (Å²) in [4.78, 5) is 3.64. The molecule has 0 radical (unpaired) electrons. The van der Waals surface area contributed by atoms with Crippen LogP contribution in [-0.2, 0) is 0 Å². The molecule has 0 unspecified atom stereocenters. The number of hydrogen-bond acceptors (Lipinski definition) is 3. The maximum absolute atomic E-state index is 12.0. The van der Waals surface area contributed by atoms with Crippen molar-refractivity contribution in [2.24, 2.45) is 0 Å². The molecule has 0 saturated carbocycles. The van der Waals surface area contributed by atoms with Crippen LogP contribution in [0.1, 0.15) is 0 Å². The summed E-state index contributed by atoms with van der Waals surface area (Å²) < 4.78 is 45.2. The number of benzene rings is 1. The Bertz CT molecular complexity index is 494. The first-order chi connectivity index (χ1) is 6.97. The average molecular weight is 282 g/mol. The predicted molar refractivity (Wildman–Crippen MR) is 48.4 cm³/mol. The molecule has 7 heteroatoms. The number of nitrogens with zero attached hydrogens (tertiary/aromatic N) is 1. The number of halogens is 4. The van der Waals surface area contributed by atoms with Gasteiger partial charge in [0.15, 0.2) is 23.2 Å². The molecule has 0 fully saturated rings. The van der Waals surface area contributed by atoms with Crippen molar-refractivity contribution in [3.8, 4) is 5.75 Å². The fourth-order valence-electron chi connectivity index (χ4n) is 1.10. The van der Waals surface area contributed by atoms with Gasteiger partial charge in [-0.2, -0.15) is 0 Å². The Kier molecular flexibility index (Phi) is 2.34. The van der Waals surface area contributed by atoms with E-state index < -0.39 is 6.36 Å². The van der Waals surface area contributed by atoms with E-state index in [1.807, 2.05) is 0 Å². The third-order valence-corrected chi connectivity index (χ3v) is 2.25. The van der Waals surface area contributed by atoms with E-state index in [2.05, 4.69) is 25.7 Å². The third-order valence-electron chi connectivity index (χ3n) is 1.62. The number of oxazole rings is 1. The summed E-state index contributed by atoms with van der Waals surface area (Å²) in [6, 6.07) is 2.57. The third kappa shape index (κ3) is 2.06. The Morgan fingerprint density at radius 2 is 2.07 bits per heavy atom. The van der Waals surface area contributed by atoms with Crippen LogP contribution < -0.4 is 4.74 Å². The number of ether oxygens (including phenoxy) is 1. The van der Waals surface area contributed by atoms with Gasteiger partial charge in [-0.1, -0.05) is 0 Å². The van der Waals surface area contributed by atoms with Gasteiger partial charge < -0.3 is 9.15 Å². The molecule has 0 saturated heterocycles. The number of fused-ring (bicyclic) bond motifs is 1. The van der Waals surface area contributed by atoms with E-state index in [-0.39, 0.29) is 16.8 Å². The molecule has 0 aliphatic rings. The van der Waals surface area contributed by atoms with Crippen LogP contribution >= 0.6 is 15.9 Å². The minimum Gasteiger partial charge on any atom is -0.442 e. The Hall–Kier alpha value is -1.24. The molecule has 0 amide bonds. The lowest BCUT2D eigenvalue weighted by Gasteiger charge is -2.08. The Labute approximate surface area is 90.0 Å². The van der Waals surface area contributed by atoms with Crippen molar-refractivity contribution in [1.82, 2.24) is 4.98 Å². The highest BCUT2D eigenvalue weighted by Gasteiger charge is 2.32. The summed E-state index contributed by atoms with van der Waals surface area (Å²) in [5, 5.41) is 0. The Balaban J connectivity index is 2.53. The first kappa shape index (κ1) is 10.3. The van der Waals surface area contributed by atoms with Crippen molar-refractivity contribution in [2.75, 3.05) is 0 Å². The summed E-state index contributed by atoms with van der Waals surface area (Å²) >= 11 is 3.12. The van der Waals surface area contributed by atoms with E-state index in [4.69, 9.17) is 4.42 Å². The summed E-state index contributed by atoms with van der Waals surface area (Å²) in [6.07, 6.45) is -3.68. The lowest BCUT2D eigenvalue weighted by Crippen LogP contribution is -2.17. The minimum absolute atomic E-state index is 0.0294. The molecule has 2 rings (SSSR count). The zero-order valence-electron chi connectivity index (χ0n) is 7.01. The summed E-state index contributed by atoms with van der Waals surface area (Å²) in [5.74, 6) is -0.380. The second-order valence-electron chi connectivity index (χ2n) is 2.62. The smallest absolute Gasteiger partial charge is 0.442 e. The van der Waals surface area contributed by atoms with Gasteiger partial charge in [-0.3, -0.25) is 0 Å². The Morgan fingerprint density at radius 1 is 1.33 bits per heavy atom. The number of hydrogen-bond donors (Lipinski definition) is 0. The van der Waals surface area contributed by atoms with Crippen LogP contribution in [-0.4, -0.2) is 11.3 Å². The van der Waals surface area contributed by atoms with Crippen LogP contribution in [0.2, 0.25) is 0 Å². The van der Waals surface area contributed by atoms with E-state index in [0.29, 0.717) is 4.47 Å². The first-order valence-electron chi connectivity index (χ1n) is 3.75. The van der Waals surface area contributed by atoms with Crippen molar-refractivity contribution < 1.29 is 22.3 Å². The van der Waals surface area contributed by atoms with Gasteiger partial charge in [0.1, 0.15) is 0 Å². The lowest BCUT2D eigenvalue weighted by molar-refractivity contribution is -0.274. The van der Waals surface area contributed by atoms with Crippen molar-refractivity contribution in [3.63, 3.8) is 0 Å². The van der Waals surface area contributed by atoms with Crippen molar-refractivity contribution >= 4 is 27.0 Å².